The van der Waals surface area contributed by atoms with Gasteiger partial charge in [-0.25, -0.2) is 4.79 Å². The highest BCUT2D eigenvalue weighted by Crippen LogP contribution is 2.24. The Kier molecular flexibility index (Phi) is 6.01. The van der Waals surface area contributed by atoms with Crippen molar-refractivity contribution in [3.05, 3.63) is 59.2 Å². The fourth-order valence-corrected chi connectivity index (χ4v) is 4.36. The maximum Gasteiger partial charge on any atom is 0.318 e. The van der Waals surface area contributed by atoms with Crippen molar-refractivity contribution in [2.24, 2.45) is 0 Å². The molecule has 1 fully saturated rings. The van der Waals surface area contributed by atoms with Crippen LogP contribution in [0.1, 0.15) is 30.6 Å². The lowest BCUT2D eigenvalue weighted by molar-refractivity contribution is 0.170. The molecule has 4 rings (SSSR count). The van der Waals surface area contributed by atoms with Gasteiger partial charge in [-0.15, -0.1) is 11.3 Å². The molecular formula is C21H25N5OS. The van der Waals surface area contributed by atoms with E-state index in [0.717, 1.165) is 24.1 Å². The molecule has 0 aliphatic heterocycles. The van der Waals surface area contributed by atoms with E-state index in [-0.39, 0.29) is 6.03 Å². The fourth-order valence-electron chi connectivity index (χ4n) is 3.72. The number of urea groups is 1. The topological polar surface area (TPSA) is 63.1 Å². The van der Waals surface area contributed by atoms with E-state index in [9.17, 15) is 4.79 Å². The fraction of sp³-hybridized carbons (Fsp3) is 0.381. The summed E-state index contributed by atoms with van der Waals surface area (Å²) in [5.74, 6) is 0. The van der Waals surface area contributed by atoms with Crippen molar-refractivity contribution in [1.82, 2.24) is 25.0 Å². The molecule has 1 saturated carbocycles. The predicted octanol–water partition coefficient (Wildman–Crippen LogP) is 4.16. The van der Waals surface area contributed by atoms with Gasteiger partial charge >= 0.3 is 6.03 Å². The highest BCUT2D eigenvalue weighted by molar-refractivity contribution is 7.09. The van der Waals surface area contributed by atoms with Gasteiger partial charge in [-0.1, -0.05) is 18.9 Å². The molecule has 1 N–H and O–H groups in total. The predicted molar refractivity (Wildman–Crippen MR) is 111 cm³/mol. The molecular weight excluding hydrogens is 370 g/mol. The zero-order valence-corrected chi connectivity index (χ0v) is 16.6. The SMILES string of the molecule is O=C(NCc1cccs1)N(CCn1ccc(-c2ccncc2)n1)C1CCCC1. The monoisotopic (exact) mass is 395 g/mol. The Morgan fingerprint density at radius 3 is 2.79 bits per heavy atom. The Labute approximate surface area is 169 Å². The summed E-state index contributed by atoms with van der Waals surface area (Å²) in [5.41, 5.74) is 1.98. The zero-order valence-electron chi connectivity index (χ0n) is 15.8. The smallest absolute Gasteiger partial charge is 0.318 e. The van der Waals surface area contributed by atoms with Crippen LogP contribution in [0, 0.1) is 0 Å². The number of nitrogens with one attached hydrogen (secondary N) is 1. The number of carbonyl (C=O) groups is 1. The average molecular weight is 396 g/mol. The van der Waals surface area contributed by atoms with Crippen LogP contribution >= 0.6 is 11.3 Å². The van der Waals surface area contributed by atoms with Crippen LogP contribution in [0.4, 0.5) is 4.79 Å². The van der Waals surface area contributed by atoms with Gasteiger partial charge in [0.25, 0.3) is 0 Å². The van der Waals surface area contributed by atoms with E-state index < -0.39 is 0 Å². The van der Waals surface area contributed by atoms with Gasteiger partial charge in [-0.2, -0.15) is 5.10 Å². The second-order valence-corrected chi connectivity index (χ2v) is 8.10. The summed E-state index contributed by atoms with van der Waals surface area (Å²) in [6.45, 7) is 1.94. The Morgan fingerprint density at radius 2 is 2.04 bits per heavy atom. The molecule has 146 valence electrons. The Hall–Kier alpha value is -2.67. The molecule has 0 saturated heterocycles. The number of pyridine rings is 1. The van der Waals surface area contributed by atoms with Crippen LogP contribution in [0.3, 0.4) is 0 Å². The van der Waals surface area contributed by atoms with Crippen LogP contribution in [-0.2, 0) is 13.1 Å². The van der Waals surface area contributed by atoms with Crippen molar-refractivity contribution < 1.29 is 4.79 Å². The van der Waals surface area contributed by atoms with Crippen molar-refractivity contribution in [2.45, 2.75) is 44.8 Å². The first-order valence-corrected chi connectivity index (χ1v) is 10.7. The van der Waals surface area contributed by atoms with Gasteiger partial charge in [0, 0.05) is 41.6 Å². The highest BCUT2D eigenvalue weighted by atomic mass is 32.1. The zero-order chi connectivity index (χ0) is 19.2. The third kappa shape index (κ3) is 4.59. The van der Waals surface area contributed by atoms with Gasteiger partial charge in [0.1, 0.15) is 0 Å². The number of aromatic nitrogens is 3. The first-order valence-electron chi connectivity index (χ1n) is 9.80. The van der Waals surface area contributed by atoms with Crippen molar-refractivity contribution >= 4 is 17.4 Å². The summed E-state index contributed by atoms with van der Waals surface area (Å²) in [4.78, 5) is 20.1. The Bertz CT molecular complexity index is 871. The Balaban J connectivity index is 1.38. The maximum atomic E-state index is 12.9. The van der Waals surface area contributed by atoms with Gasteiger partial charge in [-0.3, -0.25) is 9.67 Å². The summed E-state index contributed by atoms with van der Waals surface area (Å²) < 4.78 is 1.92. The molecule has 0 aromatic carbocycles. The molecule has 1 aliphatic rings. The van der Waals surface area contributed by atoms with Crippen LogP contribution in [-0.4, -0.2) is 38.3 Å². The van der Waals surface area contributed by atoms with Gasteiger partial charge in [0.15, 0.2) is 0 Å². The number of amides is 2. The van der Waals surface area contributed by atoms with E-state index >= 15 is 0 Å². The van der Waals surface area contributed by atoms with E-state index in [4.69, 9.17) is 0 Å². The summed E-state index contributed by atoms with van der Waals surface area (Å²) >= 11 is 1.67. The molecule has 0 bridgehead atoms. The number of rotatable bonds is 7. The minimum atomic E-state index is 0.0295. The second-order valence-electron chi connectivity index (χ2n) is 7.07. The van der Waals surface area contributed by atoms with E-state index in [1.165, 1.54) is 17.7 Å². The van der Waals surface area contributed by atoms with E-state index in [2.05, 4.69) is 21.5 Å². The number of carbonyl (C=O) groups excluding carboxylic acids is 1. The van der Waals surface area contributed by atoms with E-state index in [1.807, 2.05) is 45.4 Å². The van der Waals surface area contributed by atoms with Crippen molar-refractivity contribution in [1.29, 1.82) is 0 Å². The lowest BCUT2D eigenvalue weighted by Gasteiger charge is -2.29. The molecule has 0 radical (unpaired) electrons. The van der Waals surface area contributed by atoms with Crippen LogP contribution in [0.15, 0.2) is 54.3 Å². The number of thiophene rings is 1. The molecule has 3 aromatic heterocycles. The quantitative estimate of drug-likeness (QED) is 0.653. The molecule has 3 heterocycles. The van der Waals surface area contributed by atoms with Gasteiger partial charge in [-0.05, 0) is 42.5 Å². The van der Waals surface area contributed by atoms with Gasteiger partial charge in [0.2, 0.25) is 0 Å². The van der Waals surface area contributed by atoms with E-state index in [0.29, 0.717) is 25.7 Å². The molecule has 7 heteroatoms. The largest absolute Gasteiger partial charge is 0.333 e. The molecule has 2 amide bonds. The van der Waals surface area contributed by atoms with Crippen molar-refractivity contribution in [3.63, 3.8) is 0 Å². The Morgan fingerprint density at radius 1 is 1.21 bits per heavy atom. The third-order valence-corrected chi connectivity index (χ3v) is 6.08. The van der Waals surface area contributed by atoms with Crippen molar-refractivity contribution in [3.8, 4) is 11.3 Å². The van der Waals surface area contributed by atoms with Crippen LogP contribution in [0.25, 0.3) is 11.3 Å². The standard InChI is InChI=1S/C21H25N5OS/c27-21(23-16-19-6-3-15-28-19)26(18-4-1-2-5-18)14-13-25-12-9-20(24-25)17-7-10-22-11-8-17/h3,6-12,15,18H,1-2,4-5,13-14,16H2,(H,23,27). The molecule has 3 aromatic rings. The molecule has 0 spiro atoms. The molecule has 1 aliphatic carbocycles. The van der Waals surface area contributed by atoms with Crippen LogP contribution in [0.5, 0.6) is 0 Å². The number of hydrogen-bond donors (Lipinski definition) is 1. The van der Waals surface area contributed by atoms with Gasteiger partial charge in [0.05, 0.1) is 18.8 Å². The van der Waals surface area contributed by atoms with Crippen LogP contribution < -0.4 is 5.32 Å². The van der Waals surface area contributed by atoms with Crippen LogP contribution in [0.2, 0.25) is 0 Å². The van der Waals surface area contributed by atoms with Crippen molar-refractivity contribution in [2.75, 3.05) is 6.54 Å². The first-order chi connectivity index (χ1) is 13.8. The molecule has 0 unspecified atom stereocenters. The summed E-state index contributed by atoms with van der Waals surface area (Å²) in [5, 5.41) is 9.78. The summed E-state index contributed by atoms with van der Waals surface area (Å²) in [7, 11) is 0. The summed E-state index contributed by atoms with van der Waals surface area (Å²) in [6.07, 6.45) is 10.1. The van der Waals surface area contributed by atoms with Gasteiger partial charge < -0.3 is 10.2 Å². The maximum absolute atomic E-state index is 12.9. The minimum Gasteiger partial charge on any atom is -0.333 e. The summed E-state index contributed by atoms with van der Waals surface area (Å²) in [6, 6.07) is 10.3. The number of nitrogens with zero attached hydrogens (tertiary/aromatic N) is 4. The third-order valence-electron chi connectivity index (χ3n) is 5.21. The highest BCUT2D eigenvalue weighted by Gasteiger charge is 2.26. The van der Waals surface area contributed by atoms with E-state index in [1.54, 1.807) is 23.7 Å². The lowest BCUT2D eigenvalue weighted by atomic mass is 10.2. The number of hydrogen-bond acceptors (Lipinski definition) is 4. The second kappa shape index (κ2) is 9.01. The molecule has 0 atom stereocenters. The lowest BCUT2D eigenvalue weighted by Crippen LogP contribution is -2.46. The first kappa shape index (κ1) is 18.7. The normalized spacial score (nSPS) is 14.3. The average Bonchev–Trinajstić information content (AvgIpc) is 3.50. The minimum absolute atomic E-state index is 0.0295. The molecule has 28 heavy (non-hydrogen) atoms. The molecule has 6 nitrogen and oxygen atoms in total.